The van der Waals surface area contributed by atoms with E-state index in [9.17, 15) is 4.79 Å². The van der Waals surface area contributed by atoms with E-state index in [4.69, 9.17) is 0 Å². The number of hydrogen-bond donors (Lipinski definition) is 0. The number of aromatic nitrogens is 1. The summed E-state index contributed by atoms with van der Waals surface area (Å²) in [7, 11) is 1.77. The summed E-state index contributed by atoms with van der Waals surface area (Å²) in [6, 6.07) is 0. The highest BCUT2D eigenvalue weighted by atomic mass is 16.1. The lowest BCUT2D eigenvalue weighted by Gasteiger charge is -2.10. The molecule has 1 aromatic rings. The quantitative estimate of drug-likeness (QED) is 0.707. The Kier molecular flexibility index (Phi) is 12.3. The number of aryl methyl sites for hydroxylation is 1. The first kappa shape index (κ1) is 21.5. The Balaban J connectivity index is 0. The van der Waals surface area contributed by atoms with Crippen LogP contribution in [0.5, 0.6) is 0 Å². The molecule has 0 unspecified atom stereocenters. The zero-order valence-electron chi connectivity index (χ0n) is 15.2. The SMILES string of the molecule is CC.CC.CC#Cc1cn(C)c(=O)c(/C(C)=C\CC)c1C. The Morgan fingerprint density at radius 3 is 2.24 bits per heavy atom. The van der Waals surface area contributed by atoms with Crippen molar-refractivity contribution in [1.82, 2.24) is 4.57 Å². The van der Waals surface area contributed by atoms with Crippen molar-refractivity contribution in [3.05, 3.63) is 39.3 Å². The zero-order valence-corrected chi connectivity index (χ0v) is 15.2. The molecule has 118 valence electrons. The van der Waals surface area contributed by atoms with Crippen LogP contribution in [-0.2, 0) is 7.05 Å². The second-order valence-electron chi connectivity index (χ2n) is 4.13. The van der Waals surface area contributed by atoms with Gasteiger partial charge in [-0.05, 0) is 38.3 Å². The van der Waals surface area contributed by atoms with Crippen molar-refractivity contribution in [2.24, 2.45) is 7.05 Å². The van der Waals surface area contributed by atoms with Gasteiger partial charge in [0.05, 0.1) is 0 Å². The molecule has 2 heteroatoms. The van der Waals surface area contributed by atoms with E-state index in [1.165, 1.54) is 0 Å². The summed E-state index contributed by atoms with van der Waals surface area (Å²) in [5.74, 6) is 5.93. The zero-order chi connectivity index (χ0) is 17.0. The number of hydrogen-bond acceptors (Lipinski definition) is 1. The molecular weight excluding hydrogens is 258 g/mol. The highest BCUT2D eigenvalue weighted by molar-refractivity contribution is 5.67. The molecule has 2 nitrogen and oxygen atoms in total. The lowest BCUT2D eigenvalue weighted by molar-refractivity contribution is 0.847. The van der Waals surface area contributed by atoms with Crippen molar-refractivity contribution in [3.63, 3.8) is 0 Å². The Bertz CT molecular complexity index is 566. The third-order valence-electron chi connectivity index (χ3n) is 2.80. The fourth-order valence-electron chi connectivity index (χ4n) is 1.95. The van der Waals surface area contributed by atoms with Gasteiger partial charge < -0.3 is 4.57 Å². The second-order valence-corrected chi connectivity index (χ2v) is 4.13. The minimum Gasteiger partial charge on any atom is -0.317 e. The van der Waals surface area contributed by atoms with Crippen LogP contribution in [0, 0.1) is 18.8 Å². The van der Waals surface area contributed by atoms with Gasteiger partial charge in [-0.15, -0.1) is 5.92 Å². The number of nitrogens with zero attached hydrogens (tertiary/aromatic N) is 1. The van der Waals surface area contributed by atoms with E-state index in [1.54, 1.807) is 24.7 Å². The van der Waals surface area contributed by atoms with Crippen LogP contribution in [0.2, 0.25) is 0 Å². The van der Waals surface area contributed by atoms with Crippen LogP contribution in [-0.4, -0.2) is 4.57 Å². The van der Waals surface area contributed by atoms with Gasteiger partial charge >= 0.3 is 0 Å². The molecule has 0 aromatic carbocycles. The summed E-state index contributed by atoms with van der Waals surface area (Å²) in [5.41, 5.74) is 3.77. The highest BCUT2D eigenvalue weighted by Gasteiger charge is 2.11. The standard InChI is InChI=1S/C15H19NO.2C2H6/c1-6-8-11(3)14-12(4)13(9-7-2)10-16(5)15(14)17;2*1-2/h8,10H,6H2,1-5H3;2*1-2H3/b11-8-;;. The van der Waals surface area contributed by atoms with Gasteiger partial charge in [0, 0.05) is 24.4 Å². The summed E-state index contributed by atoms with van der Waals surface area (Å²) in [5, 5.41) is 0. The summed E-state index contributed by atoms with van der Waals surface area (Å²) in [6.45, 7) is 15.8. The van der Waals surface area contributed by atoms with Gasteiger partial charge in [-0.1, -0.05) is 46.6 Å². The number of allylic oxidation sites excluding steroid dienone is 2. The van der Waals surface area contributed by atoms with Crippen LogP contribution < -0.4 is 5.56 Å². The minimum absolute atomic E-state index is 0.0475. The molecule has 0 atom stereocenters. The second kappa shape index (κ2) is 12.0. The van der Waals surface area contributed by atoms with E-state index < -0.39 is 0 Å². The maximum Gasteiger partial charge on any atom is 0.258 e. The maximum atomic E-state index is 12.1. The van der Waals surface area contributed by atoms with Crippen LogP contribution in [0.1, 0.15) is 71.6 Å². The van der Waals surface area contributed by atoms with Crippen molar-refractivity contribution in [2.75, 3.05) is 0 Å². The summed E-state index contributed by atoms with van der Waals surface area (Å²) in [4.78, 5) is 12.1. The molecule has 0 fully saturated rings. The minimum atomic E-state index is 0.0475. The Labute approximate surface area is 130 Å². The Hall–Kier alpha value is -1.75. The third kappa shape index (κ3) is 6.04. The number of rotatable bonds is 2. The molecule has 0 aliphatic carbocycles. The van der Waals surface area contributed by atoms with Gasteiger partial charge in [-0.25, -0.2) is 0 Å². The summed E-state index contributed by atoms with van der Waals surface area (Å²) >= 11 is 0. The average molecular weight is 289 g/mol. The first-order valence-electron chi connectivity index (χ1n) is 7.83. The Morgan fingerprint density at radius 2 is 1.81 bits per heavy atom. The fourth-order valence-corrected chi connectivity index (χ4v) is 1.95. The topological polar surface area (TPSA) is 22.0 Å². The van der Waals surface area contributed by atoms with Crippen LogP contribution in [0.25, 0.3) is 5.57 Å². The molecule has 1 heterocycles. The molecule has 0 N–H and O–H groups in total. The van der Waals surface area contributed by atoms with E-state index in [2.05, 4.69) is 24.8 Å². The van der Waals surface area contributed by atoms with Gasteiger partial charge in [0.25, 0.3) is 5.56 Å². The molecule has 0 amide bonds. The first-order chi connectivity index (χ1) is 10.0. The molecule has 0 spiro atoms. The summed E-state index contributed by atoms with van der Waals surface area (Å²) in [6.07, 6.45) is 4.81. The van der Waals surface area contributed by atoms with Gasteiger partial charge in [0.15, 0.2) is 0 Å². The highest BCUT2D eigenvalue weighted by Crippen LogP contribution is 2.17. The number of pyridine rings is 1. The smallest absolute Gasteiger partial charge is 0.258 e. The van der Waals surface area contributed by atoms with Crippen molar-refractivity contribution in [3.8, 4) is 11.8 Å². The molecule has 0 saturated carbocycles. The van der Waals surface area contributed by atoms with E-state index in [-0.39, 0.29) is 5.56 Å². The maximum absolute atomic E-state index is 12.1. The summed E-state index contributed by atoms with van der Waals surface area (Å²) < 4.78 is 1.61. The van der Waals surface area contributed by atoms with Crippen LogP contribution in [0.3, 0.4) is 0 Å². The molecule has 1 rings (SSSR count). The van der Waals surface area contributed by atoms with Crippen molar-refractivity contribution in [1.29, 1.82) is 0 Å². The fraction of sp³-hybridized carbons (Fsp3) is 0.526. The molecule has 1 aromatic heterocycles. The van der Waals surface area contributed by atoms with Crippen LogP contribution in [0.15, 0.2) is 17.1 Å². The van der Waals surface area contributed by atoms with E-state index in [0.29, 0.717) is 0 Å². The predicted octanol–water partition coefficient (Wildman–Crippen LogP) is 4.93. The van der Waals surface area contributed by atoms with E-state index in [1.807, 2.05) is 41.5 Å². The molecule has 0 radical (unpaired) electrons. The largest absolute Gasteiger partial charge is 0.317 e. The van der Waals surface area contributed by atoms with Crippen molar-refractivity contribution in [2.45, 2.75) is 61.8 Å². The normalized spacial score (nSPS) is 9.48. The first-order valence-corrected chi connectivity index (χ1v) is 7.83. The van der Waals surface area contributed by atoms with Gasteiger partial charge in [-0.2, -0.15) is 0 Å². The lowest BCUT2D eigenvalue weighted by Crippen LogP contribution is -2.22. The monoisotopic (exact) mass is 289 g/mol. The molecule has 0 aliphatic heterocycles. The molecule has 21 heavy (non-hydrogen) atoms. The van der Waals surface area contributed by atoms with Crippen LogP contribution in [0.4, 0.5) is 0 Å². The van der Waals surface area contributed by atoms with Crippen LogP contribution >= 0.6 is 0 Å². The van der Waals surface area contributed by atoms with Gasteiger partial charge in [0.1, 0.15) is 0 Å². The van der Waals surface area contributed by atoms with Gasteiger partial charge in [-0.3, -0.25) is 4.79 Å². The Morgan fingerprint density at radius 1 is 1.29 bits per heavy atom. The van der Waals surface area contributed by atoms with E-state index >= 15 is 0 Å². The average Bonchev–Trinajstić information content (AvgIpc) is 2.49. The van der Waals surface area contributed by atoms with Crippen molar-refractivity contribution >= 4 is 5.57 Å². The molecule has 0 aliphatic rings. The molecule has 0 saturated heterocycles. The third-order valence-corrected chi connectivity index (χ3v) is 2.80. The molecule has 0 bridgehead atoms. The van der Waals surface area contributed by atoms with Crippen molar-refractivity contribution < 1.29 is 0 Å². The molecular formula is C19H31NO. The van der Waals surface area contributed by atoms with Gasteiger partial charge in [0.2, 0.25) is 0 Å². The van der Waals surface area contributed by atoms with E-state index in [0.717, 1.165) is 28.7 Å². The lowest BCUT2D eigenvalue weighted by atomic mass is 9.99. The predicted molar refractivity (Wildman–Crippen MR) is 95.6 cm³/mol.